The van der Waals surface area contributed by atoms with Gasteiger partial charge >= 0.3 is 0 Å². The van der Waals surface area contributed by atoms with E-state index in [1.165, 1.54) is 0 Å². The molecule has 1 saturated heterocycles. The minimum atomic E-state index is -0.242. The summed E-state index contributed by atoms with van der Waals surface area (Å²) in [5.74, 6) is 7.26. The topological polar surface area (TPSA) is 40.5 Å². The highest BCUT2D eigenvalue weighted by molar-refractivity contribution is 8.01. The molecule has 114 valence electrons. The van der Waals surface area contributed by atoms with Gasteiger partial charge in [-0.3, -0.25) is 4.79 Å². The van der Waals surface area contributed by atoms with Crippen LogP contribution in [0.3, 0.4) is 0 Å². The summed E-state index contributed by atoms with van der Waals surface area (Å²) in [6.07, 6.45) is 2.60. The molecule has 0 radical (unpaired) electrons. The molecule has 1 N–H and O–H groups in total. The maximum absolute atomic E-state index is 12.5. The van der Waals surface area contributed by atoms with Crippen LogP contribution in [-0.2, 0) is 11.3 Å². The summed E-state index contributed by atoms with van der Waals surface area (Å²) >= 11 is 3.36. The number of hydrogen-bond donors (Lipinski definition) is 1. The first-order valence-electron chi connectivity index (χ1n) is 7.12. The maximum Gasteiger partial charge on any atom is 0.238 e. The Morgan fingerprint density at radius 2 is 2.38 bits per heavy atom. The second-order valence-corrected chi connectivity index (χ2v) is 7.95. The second-order valence-electron chi connectivity index (χ2n) is 5.44. The van der Waals surface area contributed by atoms with E-state index in [4.69, 9.17) is 5.11 Å². The van der Waals surface area contributed by atoms with Crippen molar-refractivity contribution >= 4 is 29.0 Å². The number of carbonyl (C=O) groups excluding carboxylic acids is 1. The minimum Gasteiger partial charge on any atom is -0.395 e. The number of nitrogens with zero attached hydrogens (tertiary/aromatic N) is 1. The highest BCUT2D eigenvalue weighted by Gasteiger charge is 2.38. The summed E-state index contributed by atoms with van der Waals surface area (Å²) in [5.41, 5.74) is 1.12. The van der Waals surface area contributed by atoms with E-state index in [0.29, 0.717) is 13.0 Å². The predicted molar refractivity (Wildman–Crippen MR) is 89.5 cm³/mol. The van der Waals surface area contributed by atoms with Crippen molar-refractivity contribution in [1.82, 2.24) is 4.90 Å². The zero-order valence-electron chi connectivity index (χ0n) is 12.5. The van der Waals surface area contributed by atoms with E-state index in [0.717, 1.165) is 29.0 Å². The molecule has 5 heteroatoms. The van der Waals surface area contributed by atoms with Crippen LogP contribution in [0.25, 0.3) is 0 Å². The van der Waals surface area contributed by atoms with Crippen molar-refractivity contribution in [3.05, 3.63) is 21.9 Å². The van der Waals surface area contributed by atoms with Gasteiger partial charge in [-0.15, -0.1) is 23.1 Å². The van der Waals surface area contributed by atoms with Crippen LogP contribution in [-0.4, -0.2) is 40.1 Å². The highest BCUT2D eigenvalue weighted by Crippen LogP contribution is 2.39. The molecule has 0 saturated carbocycles. The van der Waals surface area contributed by atoms with Crippen molar-refractivity contribution in [1.29, 1.82) is 0 Å². The summed E-state index contributed by atoms with van der Waals surface area (Å²) < 4.78 is -0.242. The van der Waals surface area contributed by atoms with Crippen molar-refractivity contribution in [2.45, 2.75) is 37.5 Å². The van der Waals surface area contributed by atoms with Gasteiger partial charge in [0.2, 0.25) is 5.91 Å². The van der Waals surface area contributed by atoms with Gasteiger partial charge in [-0.05, 0) is 42.5 Å². The Hall–Kier alpha value is -0.960. The lowest BCUT2D eigenvalue weighted by molar-refractivity contribution is -0.132. The molecule has 0 spiro atoms. The van der Waals surface area contributed by atoms with E-state index < -0.39 is 0 Å². The molecule has 3 nitrogen and oxygen atoms in total. The molecule has 1 unspecified atom stereocenters. The summed E-state index contributed by atoms with van der Waals surface area (Å²) in [4.78, 5) is 15.4. The van der Waals surface area contributed by atoms with E-state index in [9.17, 15) is 4.79 Å². The average molecular weight is 323 g/mol. The zero-order chi connectivity index (χ0) is 15.3. The first-order chi connectivity index (χ1) is 10.0. The van der Waals surface area contributed by atoms with Crippen LogP contribution in [0, 0.1) is 11.8 Å². The Morgan fingerprint density at radius 1 is 1.57 bits per heavy atom. The van der Waals surface area contributed by atoms with Gasteiger partial charge in [-0.2, -0.15) is 0 Å². The van der Waals surface area contributed by atoms with Crippen molar-refractivity contribution in [2.24, 2.45) is 0 Å². The standard InChI is InChI=1S/C16H21NO2S2/c1-16(7-5-9-21-16)15(19)17(2)11-13-10-14(20-12-13)6-3-4-8-18/h10,12,18H,4-5,7-9,11H2,1-2H3. The molecule has 1 aromatic heterocycles. The third-order valence-electron chi connectivity index (χ3n) is 3.54. The van der Waals surface area contributed by atoms with Gasteiger partial charge < -0.3 is 10.0 Å². The third-order valence-corrected chi connectivity index (χ3v) is 5.94. The molecule has 1 aliphatic heterocycles. The van der Waals surface area contributed by atoms with Crippen LogP contribution in [0.5, 0.6) is 0 Å². The van der Waals surface area contributed by atoms with E-state index >= 15 is 0 Å². The van der Waals surface area contributed by atoms with Crippen molar-refractivity contribution in [2.75, 3.05) is 19.4 Å². The monoisotopic (exact) mass is 323 g/mol. The van der Waals surface area contributed by atoms with Gasteiger partial charge in [0.05, 0.1) is 16.2 Å². The van der Waals surface area contributed by atoms with Gasteiger partial charge in [-0.1, -0.05) is 11.8 Å². The lowest BCUT2D eigenvalue weighted by Crippen LogP contribution is -2.41. The fourth-order valence-electron chi connectivity index (χ4n) is 2.43. The maximum atomic E-state index is 12.5. The number of aliphatic hydroxyl groups excluding tert-OH is 1. The van der Waals surface area contributed by atoms with Gasteiger partial charge in [0.1, 0.15) is 0 Å². The molecule has 2 rings (SSSR count). The largest absolute Gasteiger partial charge is 0.395 e. The normalized spacial score (nSPS) is 20.9. The number of thioether (sulfide) groups is 1. The lowest BCUT2D eigenvalue weighted by atomic mass is 10.0. The molecular weight excluding hydrogens is 302 g/mol. The summed E-state index contributed by atoms with van der Waals surface area (Å²) in [7, 11) is 1.88. The Balaban J connectivity index is 1.95. The number of thiophene rings is 1. The fraction of sp³-hybridized carbons (Fsp3) is 0.562. The molecule has 0 bridgehead atoms. The predicted octanol–water partition coefficient (Wildman–Crippen LogP) is 2.73. The number of carbonyl (C=O) groups is 1. The van der Waals surface area contributed by atoms with Crippen LogP contribution < -0.4 is 0 Å². The molecule has 1 atom stereocenters. The van der Waals surface area contributed by atoms with Crippen molar-refractivity contribution in [3.8, 4) is 11.8 Å². The summed E-state index contributed by atoms with van der Waals surface area (Å²) in [6.45, 7) is 2.79. The van der Waals surface area contributed by atoms with Gasteiger partial charge in [0.15, 0.2) is 0 Å². The molecule has 1 aliphatic rings. The Bertz CT molecular complexity index is 550. The summed E-state index contributed by atoms with van der Waals surface area (Å²) in [5, 5.41) is 10.8. The fourth-order valence-corrected chi connectivity index (χ4v) is 4.51. The van der Waals surface area contributed by atoms with Crippen LogP contribution in [0.1, 0.15) is 36.6 Å². The van der Waals surface area contributed by atoms with Gasteiger partial charge in [0.25, 0.3) is 0 Å². The smallest absolute Gasteiger partial charge is 0.238 e. The lowest BCUT2D eigenvalue weighted by Gasteiger charge is -2.28. The van der Waals surface area contributed by atoms with Crippen LogP contribution in [0.15, 0.2) is 11.4 Å². The molecule has 1 amide bonds. The zero-order valence-corrected chi connectivity index (χ0v) is 14.1. The quantitative estimate of drug-likeness (QED) is 0.866. The molecule has 2 heterocycles. The first-order valence-corrected chi connectivity index (χ1v) is 8.98. The highest BCUT2D eigenvalue weighted by atomic mass is 32.2. The second kappa shape index (κ2) is 7.35. The van der Waals surface area contributed by atoms with Crippen molar-refractivity contribution in [3.63, 3.8) is 0 Å². The molecule has 1 aromatic rings. The summed E-state index contributed by atoms with van der Waals surface area (Å²) in [6, 6.07) is 2.03. The Kier molecular flexibility index (Phi) is 5.74. The minimum absolute atomic E-state index is 0.0960. The number of amides is 1. The molecule has 0 aromatic carbocycles. The van der Waals surface area contributed by atoms with E-state index in [-0.39, 0.29) is 17.3 Å². The van der Waals surface area contributed by atoms with Gasteiger partial charge in [-0.25, -0.2) is 0 Å². The molecular formula is C16H21NO2S2. The van der Waals surface area contributed by atoms with Crippen molar-refractivity contribution < 1.29 is 9.90 Å². The van der Waals surface area contributed by atoms with Crippen LogP contribution in [0.2, 0.25) is 0 Å². The average Bonchev–Trinajstić information content (AvgIpc) is 3.08. The number of hydrogen-bond acceptors (Lipinski definition) is 4. The molecule has 1 fully saturated rings. The molecule has 21 heavy (non-hydrogen) atoms. The van der Waals surface area contributed by atoms with Crippen LogP contribution >= 0.6 is 23.1 Å². The first kappa shape index (κ1) is 16.4. The van der Waals surface area contributed by atoms with E-state index in [1.807, 2.05) is 18.0 Å². The van der Waals surface area contributed by atoms with E-state index in [2.05, 4.69) is 24.1 Å². The van der Waals surface area contributed by atoms with E-state index in [1.54, 1.807) is 23.1 Å². The van der Waals surface area contributed by atoms with Gasteiger partial charge in [0, 0.05) is 20.0 Å². The number of aliphatic hydroxyl groups is 1. The third kappa shape index (κ3) is 4.26. The Labute approximate surface area is 134 Å². The number of rotatable bonds is 4. The SMILES string of the molecule is CN(Cc1csc(C#CCCO)c1)C(=O)C1(C)CCCS1. The Morgan fingerprint density at radius 3 is 3.05 bits per heavy atom. The molecule has 0 aliphatic carbocycles. The van der Waals surface area contributed by atoms with Crippen LogP contribution in [0.4, 0.5) is 0 Å².